The van der Waals surface area contributed by atoms with Crippen LogP contribution in [0, 0.1) is 6.92 Å². The number of aromatic nitrogens is 2. The van der Waals surface area contributed by atoms with E-state index >= 15 is 0 Å². The lowest BCUT2D eigenvalue weighted by molar-refractivity contribution is -0.128. The summed E-state index contributed by atoms with van der Waals surface area (Å²) < 4.78 is 5.11. The normalized spacial score (nSPS) is 19.2. The number of amides is 2. The van der Waals surface area contributed by atoms with E-state index in [0.717, 1.165) is 0 Å². The molecule has 146 valence electrons. The zero-order valence-corrected chi connectivity index (χ0v) is 16.2. The number of pyridine rings is 2. The number of nitrogens with zero attached hydrogens (tertiary/aromatic N) is 4. The second-order valence-corrected chi connectivity index (χ2v) is 6.80. The van der Waals surface area contributed by atoms with Gasteiger partial charge >= 0.3 is 0 Å². The summed E-state index contributed by atoms with van der Waals surface area (Å²) in [6.07, 6.45) is 3.18. The van der Waals surface area contributed by atoms with Crippen LogP contribution in [0.4, 0.5) is 5.69 Å². The van der Waals surface area contributed by atoms with E-state index in [1.807, 2.05) is 0 Å². The number of carbonyl (C=O) groups is 2. The van der Waals surface area contributed by atoms with Gasteiger partial charge in [0, 0.05) is 18.9 Å². The largest absolute Gasteiger partial charge is 0.495 e. The van der Waals surface area contributed by atoms with Crippen molar-refractivity contribution in [3.8, 4) is 5.75 Å². The third-order valence-corrected chi connectivity index (χ3v) is 4.65. The number of nitrogens with two attached hydrogens (primary N) is 1. The molecule has 0 aliphatic carbocycles. The van der Waals surface area contributed by atoms with Gasteiger partial charge in [0.05, 0.1) is 25.4 Å². The predicted molar refractivity (Wildman–Crippen MR) is 104 cm³/mol. The number of nitrogens with one attached hydrogen (secondary N) is 1. The van der Waals surface area contributed by atoms with Crippen LogP contribution in [0.2, 0.25) is 0 Å². The minimum atomic E-state index is -0.900. The van der Waals surface area contributed by atoms with Crippen molar-refractivity contribution >= 4 is 23.5 Å². The van der Waals surface area contributed by atoms with Gasteiger partial charge in [-0.25, -0.2) is 9.98 Å². The Morgan fingerprint density at radius 1 is 1.36 bits per heavy atom. The highest BCUT2D eigenvalue weighted by Gasteiger charge is 2.37. The Hall–Kier alpha value is -3.49. The van der Waals surface area contributed by atoms with Crippen molar-refractivity contribution in [1.29, 1.82) is 0 Å². The summed E-state index contributed by atoms with van der Waals surface area (Å²) in [6.45, 7) is 3.57. The summed E-state index contributed by atoms with van der Waals surface area (Å²) in [5, 5.41) is 2.81. The Labute approximate surface area is 162 Å². The first kappa shape index (κ1) is 19.3. The van der Waals surface area contributed by atoms with E-state index in [-0.39, 0.29) is 24.2 Å². The molecule has 1 aliphatic rings. The van der Waals surface area contributed by atoms with E-state index in [9.17, 15) is 9.59 Å². The highest BCUT2D eigenvalue weighted by molar-refractivity contribution is 6.04. The fourth-order valence-corrected chi connectivity index (χ4v) is 2.95. The molecule has 0 saturated carbocycles. The molecule has 3 rings (SSSR count). The lowest BCUT2D eigenvalue weighted by atomic mass is 9.91. The summed E-state index contributed by atoms with van der Waals surface area (Å²) in [4.78, 5) is 39.0. The molecule has 0 spiro atoms. The van der Waals surface area contributed by atoms with Crippen LogP contribution in [-0.2, 0) is 10.3 Å². The van der Waals surface area contributed by atoms with Crippen LogP contribution in [0.1, 0.15) is 35.1 Å². The molecule has 2 aromatic rings. The lowest BCUT2D eigenvalue weighted by Gasteiger charge is -2.32. The van der Waals surface area contributed by atoms with Gasteiger partial charge in [0.25, 0.3) is 5.91 Å². The number of ether oxygens (including phenoxy) is 1. The smallest absolute Gasteiger partial charge is 0.274 e. The van der Waals surface area contributed by atoms with Gasteiger partial charge in [0.2, 0.25) is 5.91 Å². The fraction of sp³-hybridized carbons (Fsp3) is 0.316. The maximum Gasteiger partial charge on any atom is 0.274 e. The van der Waals surface area contributed by atoms with Gasteiger partial charge in [-0.1, -0.05) is 0 Å². The van der Waals surface area contributed by atoms with Crippen molar-refractivity contribution in [1.82, 2.24) is 14.9 Å². The fourth-order valence-electron chi connectivity index (χ4n) is 2.95. The van der Waals surface area contributed by atoms with Crippen LogP contribution in [0.3, 0.4) is 0 Å². The number of hydrogen-bond donors (Lipinski definition) is 2. The SMILES string of the molecule is COc1cnc(C(=O)Nc2ccnc(C3(C)CC(=O)N(C)C(N)=N3)c2)c(C)c1. The first-order chi connectivity index (χ1) is 13.2. The van der Waals surface area contributed by atoms with Gasteiger partial charge in [-0.3, -0.25) is 19.5 Å². The summed E-state index contributed by atoms with van der Waals surface area (Å²) >= 11 is 0. The number of methoxy groups -OCH3 is 1. The molecule has 28 heavy (non-hydrogen) atoms. The zero-order chi connectivity index (χ0) is 20.5. The van der Waals surface area contributed by atoms with Crippen molar-refractivity contribution in [2.45, 2.75) is 25.8 Å². The Morgan fingerprint density at radius 3 is 2.75 bits per heavy atom. The Bertz CT molecular complexity index is 974. The number of aliphatic imine (C=N–C) groups is 1. The molecular weight excluding hydrogens is 360 g/mol. The summed E-state index contributed by atoms with van der Waals surface area (Å²) in [7, 11) is 3.12. The molecule has 0 saturated heterocycles. The molecule has 2 amide bonds. The second kappa shape index (κ2) is 7.26. The molecule has 9 heteroatoms. The Kier molecular flexibility index (Phi) is 5.00. The van der Waals surface area contributed by atoms with Crippen LogP contribution in [-0.4, -0.2) is 46.8 Å². The number of hydrogen-bond acceptors (Lipinski definition) is 7. The predicted octanol–water partition coefficient (Wildman–Crippen LogP) is 1.44. The van der Waals surface area contributed by atoms with E-state index in [1.165, 1.54) is 18.2 Å². The number of rotatable bonds is 4. The van der Waals surface area contributed by atoms with E-state index in [1.54, 1.807) is 45.3 Å². The number of aryl methyl sites for hydroxylation is 1. The third kappa shape index (κ3) is 3.64. The minimum absolute atomic E-state index is 0.132. The average Bonchev–Trinajstić information content (AvgIpc) is 2.66. The molecule has 1 aliphatic heterocycles. The first-order valence-electron chi connectivity index (χ1n) is 8.64. The average molecular weight is 382 g/mol. The lowest BCUT2D eigenvalue weighted by Crippen LogP contribution is -2.47. The van der Waals surface area contributed by atoms with Crippen molar-refractivity contribution in [3.63, 3.8) is 0 Å². The van der Waals surface area contributed by atoms with Gasteiger partial charge in [-0.05, 0) is 37.6 Å². The van der Waals surface area contributed by atoms with Crippen molar-refractivity contribution < 1.29 is 14.3 Å². The summed E-state index contributed by atoms with van der Waals surface area (Å²) in [6, 6.07) is 5.09. The summed E-state index contributed by atoms with van der Waals surface area (Å²) in [5.41, 5.74) is 7.00. The highest BCUT2D eigenvalue weighted by atomic mass is 16.5. The molecule has 0 bridgehead atoms. The Balaban J connectivity index is 1.86. The maximum atomic E-state index is 12.6. The van der Waals surface area contributed by atoms with Crippen LogP contribution < -0.4 is 15.8 Å². The zero-order valence-electron chi connectivity index (χ0n) is 16.2. The molecule has 0 aromatic carbocycles. The molecule has 1 atom stereocenters. The maximum absolute atomic E-state index is 12.6. The van der Waals surface area contributed by atoms with E-state index in [0.29, 0.717) is 28.4 Å². The number of guanidine groups is 1. The molecule has 2 aromatic heterocycles. The second-order valence-electron chi connectivity index (χ2n) is 6.80. The molecule has 0 fully saturated rings. The van der Waals surface area contributed by atoms with Gasteiger partial charge < -0.3 is 15.8 Å². The van der Waals surface area contributed by atoms with E-state index in [2.05, 4.69) is 20.3 Å². The minimum Gasteiger partial charge on any atom is -0.495 e. The monoisotopic (exact) mass is 382 g/mol. The molecule has 1 unspecified atom stereocenters. The van der Waals surface area contributed by atoms with Gasteiger partial charge in [0.15, 0.2) is 5.96 Å². The molecular formula is C19H22N6O3. The molecule has 9 nitrogen and oxygen atoms in total. The standard InChI is InChI=1S/C19H22N6O3/c1-11-7-13(28-4)10-22-16(11)17(27)23-12-5-6-21-14(8-12)19(2)9-15(26)25(3)18(20)24-19/h5-8,10H,9H2,1-4H3,(H2,20,24)(H,21,23,27). The number of carbonyl (C=O) groups excluding carboxylic acids is 2. The quantitative estimate of drug-likeness (QED) is 0.825. The van der Waals surface area contributed by atoms with Gasteiger partial charge in [-0.2, -0.15) is 0 Å². The first-order valence-corrected chi connectivity index (χ1v) is 8.64. The van der Waals surface area contributed by atoms with Gasteiger partial charge in [-0.15, -0.1) is 0 Å². The van der Waals surface area contributed by atoms with E-state index in [4.69, 9.17) is 10.5 Å². The molecule has 3 N–H and O–H groups in total. The van der Waals surface area contributed by atoms with Crippen LogP contribution in [0.25, 0.3) is 0 Å². The van der Waals surface area contributed by atoms with Crippen LogP contribution >= 0.6 is 0 Å². The number of anilines is 1. The summed E-state index contributed by atoms with van der Waals surface area (Å²) in [5.74, 6) is 0.206. The van der Waals surface area contributed by atoms with Crippen LogP contribution in [0.5, 0.6) is 5.75 Å². The van der Waals surface area contributed by atoms with Crippen molar-refractivity contribution in [3.05, 3.63) is 47.5 Å². The van der Waals surface area contributed by atoms with Crippen molar-refractivity contribution in [2.75, 3.05) is 19.5 Å². The van der Waals surface area contributed by atoms with Gasteiger partial charge in [0.1, 0.15) is 17.0 Å². The van der Waals surface area contributed by atoms with E-state index < -0.39 is 5.54 Å². The van der Waals surface area contributed by atoms with Crippen molar-refractivity contribution in [2.24, 2.45) is 10.7 Å². The molecule has 0 radical (unpaired) electrons. The highest BCUT2D eigenvalue weighted by Crippen LogP contribution is 2.32. The third-order valence-electron chi connectivity index (χ3n) is 4.65. The molecule has 3 heterocycles. The van der Waals surface area contributed by atoms with Crippen LogP contribution in [0.15, 0.2) is 35.6 Å². The Morgan fingerprint density at radius 2 is 2.11 bits per heavy atom. The topological polar surface area (TPSA) is 123 Å².